The molecule has 2 aliphatic heterocycles. The maximum absolute atomic E-state index is 12.7. The SMILES string of the molecule is O=C(COCC(=O)N1CCOCc2ccccc21)N1CCOCc2ccccc21. The number of benzene rings is 2. The summed E-state index contributed by atoms with van der Waals surface area (Å²) in [7, 11) is 0. The molecule has 0 bridgehead atoms. The summed E-state index contributed by atoms with van der Waals surface area (Å²) in [6.07, 6.45) is 0. The highest BCUT2D eigenvalue weighted by Crippen LogP contribution is 2.25. The molecule has 0 saturated carbocycles. The van der Waals surface area contributed by atoms with Gasteiger partial charge in [0.2, 0.25) is 0 Å². The van der Waals surface area contributed by atoms with Crippen LogP contribution in [0.25, 0.3) is 0 Å². The van der Waals surface area contributed by atoms with Crippen LogP contribution in [0.2, 0.25) is 0 Å². The van der Waals surface area contributed by atoms with E-state index in [0.29, 0.717) is 39.5 Å². The molecule has 2 amide bonds. The van der Waals surface area contributed by atoms with E-state index in [1.165, 1.54) is 0 Å². The van der Waals surface area contributed by atoms with Gasteiger partial charge in [-0.3, -0.25) is 9.59 Å². The van der Waals surface area contributed by atoms with Gasteiger partial charge in [-0.2, -0.15) is 0 Å². The Bertz CT molecular complexity index is 814. The smallest absolute Gasteiger partial charge is 0.253 e. The first kappa shape index (κ1) is 19.6. The van der Waals surface area contributed by atoms with Gasteiger partial charge in [0.15, 0.2) is 0 Å². The zero-order valence-corrected chi connectivity index (χ0v) is 16.2. The summed E-state index contributed by atoms with van der Waals surface area (Å²) in [6.45, 7) is 2.49. The van der Waals surface area contributed by atoms with Crippen molar-refractivity contribution in [2.24, 2.45) is 0 Å². The Balaban J connectivity index is 1.37. The highest BCUT2D eigenvalue weighted by Gasteiger charge is 2.24. The van der Waals surface area contributed by atoms with Gasteiger partial charge in [-0.25, -0.2) is 0 Å². The topological polar surface area (TPSA) is 68.3 Å². The third kappa shape index (κ3) is 4.48. The Kier molecular flexibility index (Phi) is 6.19. The van der Waals surface area contributed by atoms with Crippen LogP contribution in [-0.2, 0) is 37.0 Å². The largest absolute Gasteiger partial charge is 0.375 e. The standard InChI is InChI=1S/C22H24N2O5/c25-21(23-9-11-27-13-17-5-1-3-7-19(17)23)15-29-16-22(26)24-10-12-28-14-18-6-2-4-8-20(18)24/h1-8H,9-16H2. The van der Waals surface area contributed by atoms with Gasteiger partial charge < -0.3 is 24.0 Å². The molecule has 0 saturated heterocycles. The van der Waals surface area contributed by atoms with E-state index in [0.717, 1.165) is 22.5 Å². The van der Waals surface area contributed by atoms with Gasteiger partial charge in [-0.1, -0.05) is 36.4 Å². The number of amides is 2. The van der Waals surface area contributed by atoms with Crippen molar-refractivity contribution in [1.82, 2.24) is 0 Å². The molecule has 0 atom stereocenters. The second-order valence-electron chi connectivity index (χ2n) is 6.95. The zero-order chi connectivity index (χ0) is 20.1. The second kappa shape index (κ2) is 9.17. The molecule has 2 heterocycles. The number of anilines is 2. The first-order chi connectivity index (χ1) is 14.2. The first-order valence-corrected chi connectivity index (χ1v) is 9.74. The lowest BCUT2D eigenvalue weighted by Gasteiger charge is -2.24. The van der Waals surface area contributed by atoms with Crippen molar-refractivity contribution >= 4 is 23.2 Å². The van der Waals surface area contributed by atoms with Crippen molar-refractivity contribution < 1.29 is 23.8 Å². The van der Waals surface area contributed by atoms with E-state index >= 15 is 0 Å². The van der Waals surface area contributed by atoms with Gasteiger partial charge in [0.1, 0.15) is 13.2 Å². The van der Waals surface area contributed by atoms with Crippen LogP contribution in [0.4, 0.5) is 11.4 Å². The van der Waals surface area contributed by atoms with Crippen molar-refractivity contribution in [3.8, 4) is 0 Å². The number of para-hydroxylation sites is 2. The lowest BCUT2D eigenvalue weighted by molar-refractivity contribution is -0.128. The normalized spacial score (nSPS) is 16.4. The molecule has 29 heavy (non-hydrogen) atoms. The van der Waals surface area contributed by atoms with Gasteiger partial charge >= 0.3 is 0 Å². The number of ether oxygens (including phenoxy) is 3. The molecule has 7 nitrogen and oxygen atoms in total. The van der Waals surface area contributed by atoms with Crippen LogP contribution in [0.5, 0.6) is 0 Å². The molecule has 2 aliphatic rings. The van der Waals surface area contributed by atoms with Crippen molar-refractivity contribution in [3.05, 3.63) is 59.7 Å². The Hall–Kier alpha value is -2.74. The highest BCUT2D eigenvalue weighted by molar-refractivity contribution is 5.97. The lowest BCUT2D eigenvalue weighted by Crippen LogP contribution is -2.39. The molecule has 2 aromatic rings. The van der Waals surface area contributed by atoms with E-state index in [-0.39, 0.29) is 25.0 Å². The number of carbonyl (C=O) groups excluding carboxylic acids is 2. The van der Waals surface area contributed by atoms with E-state index < -0.39 is 0 Å². The summed E-state index contributed by atoms with van der Waals surface area (Å²) in [6, 6.07) is 15.3. The predicted molar refractivity (Wildman–Crippen MR) is 108 cm³/mol. The van der Waals surface area contributed by atoms with Crippen molar-refractivity contribution in [2.75, 3.05) is 49.3 Å². The minimum Gasteiger partial charge on any atom is -0.375 e. The first-order valence-electron chi connectivity index (χ1n) is 9.74. The summed E-state index contributed by atoms with van der Waals surface area (Å²) in [5, 5.41) is 0. The molecular formula is C22H24N2O5. The third-order valence-electron chi connectivity index (χ3n) is 5.05. The third-order valence-corrected chi connectivity index (χ3v) is 5.05. The van der Waals surface area contributed by atoms with E-state index in [4.69, 9.17) is 14.2 Å². The molecule has 0 aliphatic carbocycles. The predicted octanol–water partition coefficient (Wildman–Crippen LogP) is 2.13. The van der Waals surface area contributed by atoms with Gasteiger partial charge in [0.05, 0.1) is 26.4 Å². The van der Waals surface area contributed by atoms with Crippen LogP contribution >= 0.6 is 0 Å². The van der Waals surface area contributed by atoms with Crippen molar-refractivity contribution in [2.45, 2.75) is 13.2 Å². The average Bonchev–Trinajstić information content (AvgIpc) is 3.10. The quantitative estimate of drug-likeness (QED) is 0.792. The summed E-state index contributed by atoms with van der Waals surface area (Å²) >= 11 is 0. The van der Waals surface area contributed by atoms with E-state index in [1.54, 1.807) is 9.80 Å². The van der Waals surface area contributed by atoms with Crippen LogP contribution in [0.15, 0.2) is 48.5 Å². The number of rotatable bonds is 4. The van der Waals surface area contributed by atoms with E-state index in [2.05, 4.69) is 0 Å². The molecule has 152 valence electrons. The second-order valence-corrected chi connectivity index (χ2v) is 6.95. The summed E-state index contributed by atoms with van der Waals surface area (Å²) in [4.78, 5) is 28.8. The maximum atomic E-state index is 12.7. The molecule has 7 heteroatoms. The Labute approximate surface area is 169 Å². The zero-order valence-electron chi connectivity index (χ0n) is 16.2. The molecule has 2 aromatic carbocycles. The van der Waals surface area contributed by atoms with Crippen molar-refractivity contribution in [3.63, 3.8) is 0 Å². The van der Waals surface area contributed by atoms with E-state index in [9.17, 15) is 9.59 Å². The molecule has 4 rings (SSSR count). The average molecular weight is 396 g/mol. The number of nitrogens with zero attached hydrogens (tertiary/aromatic N) is 2. The van der Waals surface area contributed by atoms with Crippen molar-refractivity contribution in [1.29, 1.82) is 0 Å². The Morgan fingerprint density at radius 1 is 0.759 bits per heavy atom. The minimum absolute atomic E-state index is 0.161. The van der Waals surface area contributed by atoms with Crippen LogP contribution in [0.1, 0.15) is 11.1 Å². The summed E-state index contributed by atoms with van der Waals surface area (Å²) in [5.41, 5.74) is 3.61. The molecular weight excluding hydrogens is 372 g/mol. The molecule has 0 fully saturated rings. The summed E-state index contributed by atoms with van der Waals surface area (Å²) in [5.74, 6) is -0.370. The van der Waals surface area contributed by atoms with Gasteiger partial charge in [0.25, 0.3) is 11.8 Å². The van der Waals surface area contributed by atoms with Gasteiger partial charge in [-0.15, -0.1) is 0 Å². The van der Waals surface area contributed by atoms with Crippen LogP contribution in [0, 0.1) is 0 Å². The molecule has 0 unspecified atom stereocenters. The Morgan fingerprint density at radius 3 is 1.69 bits per heavy atom. The maximum Gasteiger partial charge on any atom is 0.253 e. The van der Waals surface area contributed by atoms with Crippen LogP contribution in [0.3, 0.4) is 0 Å². The van der Waals surface area contributed by atoms with Crippen LogP contribution < -0.4 is 9.80 Å². The fourth-order valence-corrected chi connectivity index (χ4v) is 3.61. The van der Waals surface area contributed by atoms with Crippen LogP contribution in [-0.4, -0.2) is 51.3 Å². The van der Waals surface area contributed by atoms with Gasteiger partial charge in [0, 0.05) is 35.6 Å². The Morgan fingerprint density at radius 2 is 1.21 bits per heavy atom. The monoisotopic (exact) mass is 396 g/mol. The van der Waals surface area contributed by atoms with E-state index in [1.807, 2.05) is 48.5 Å². The van der Waals surface area contributed by atoms with Gasteiger partial charge in [-0.05, 0) is 12.1 Å². The number of carbonyl (C=O) groups is 2. The summed E-state index contributed by atoms with van der Waals surface area (Å²) < 4.78 is 16.6. The fraction of sp³-hybridized carbons (Fsp3) is 0.364. The minimum atomic E-state index is -0.185. The number of fused-ring (bicyclic) bond motifs is 2. The number of hydrogen-bond donors (Lipinski definition) is 0. The molecule has 0 N–H and O–H groups in total. The lowest BCUT2D eigenvalue weighted by atomic mass is 10.1. The molecule has 0 aromatic heterocycles. The molecule has 0 spiro atoms. The highest BCUT2D eigenvalue weighted by atomic mass is 16.5. The fourth-order valence-electron chi connectivity index (χ4n) is 3.61. The molecule has 0 radical (unpaired) electrons. The number of hydrogen-bond acceptors (Lipinski definition) is 5.